The summed E-state index contributed by atoms with van der Waals surface area (Å²) < 4.78 is 41.6. The van der Waals surface area contributed by atoms with Gasteiger partial charge >= 0.3 is 6.18 Å². The normalized spacial score (nSPS) is 11.8. The van der Waals surface area contributed by atoms with Gasteiger partial charge in [-0.15, -0.1) is 0 Å². The number of hydrogen-bond donors (Lipinski definition) is 1. The van der Waals surface area contributed by atoms with E-state index in [1.54, 1.807) is 0 Å². The average Bonchev–Trinajstić information content (AvgIpc) is 2.26. The summed E-state index contributed by atoms with van der Waals surface area (Å²) in [5.41, 5.74) is 1.94. The Balaban J connectivity index is 2.43. The molecule has 2 nitrogen and oxygen atoms in total. The van der Waals surface area contributed by atoms with Gasteiger partial charge in [-0.25, -0.2) is 0 Å². The maximum Gasteiger partial charge on any atom is 0.391 e. The van der Waals surface area contributed by atoms with Gasteiger partial charge in [-0.05, 0) is 24.2 Å². The van der Waals surface area contributed by atoms with Gasteiger partial charge in [0, 0.05) is 11.0 Å². The SMILES string of the molecule is CNCc1ccc(COCCC(F)(F)F)c(Br)c1. The van der Waals surface area contributed by atoms with Crippen molar-refractivity contribution in [1.29, 1.82) is 0 Å². The van der Waals surface area contributed by atoms with Crippen LogP contribution < -0.4 is 5.32 Å². The van der Waals surface area contributed by atoms with Crippen molar-refractivity contribution in [3.05, 3.63) is 33.8 Å². The van der Waals surface area contributed by atoms with Gasteiger partial charge in [-0.2, -0.15) is 13.2 Å². The summed E-state index contributed by atoms with van der Waals surface area (Å²) in [6.45, 7) is 0.610. The average molecular weight is 326 g/mol. The summed E-state index contributed by atoms with van der Waals surface area (Å²) in [5, 5.41) is 3.02. The van der Waals surface area contributed by atoms with Crippen LogP contribution in [0.25, 0.3) is 0 Å². The minimum atomic E-state index is -4.16. The third-order valence-electron chi connectivity index (χ3n) is 2.29. The van der Waals surface area contributed by atoms with Crippen molar-refractivity contribution in [3.63, 3.8) is 0 Å². The molecule has 0 atom stereocenters. The van der Waals surface area contributed by atoms with E-state index in [0.29, 0.717) is 0 Å². The van der Waals surface area contributed by atoms with Crippen LogP contribution in [0.2, 0.25) is 0 Å². The van der Waals surface area contributed by atoms with Gasteiger partial charge in [0.1, 0.15) is 0 Å². The lowest BCUT2D eigenvalue weighted by Gasteiger charge is -2.09. The summed E-state index contributed by atoms with van der Waals surface area (Å²) >= 11 is 3.38. The van der Waals surface area contributed by atoms with Crippen molar-refractivity contribution in [2.24, 2.45) is 0 Å². The van der Waals surface area contributed by atoms with E-state index >= 15 is 0 Å². The highest BCUT2D eigenvalue weighted by Gasteiger charge is 2.26. The minimum absolute atomic E-state index is 0.177. The Labute approximate surface area is 113 Å². The molecule has 0 saturated heterocycles. The minimum Gasteiger partial charge on any atom is -0.376 e. The molecule has 0 radical (unpaired) electrons. The molecule has 0 aliphatic rings. The maximum atomic E-state index is 11.9. The van der Waals surface area contributed by atoms with E-state index in [-0.39, 0.29) is 13.2 Å². The maximum absolute atomic E-state index is 11.9. The topological polar surface area (TPSA) is 21.3 Å². The molecule has 0 aliphatic carbocycles. The van der Waals surface area contributed by atoms with Gasteiger partial charge in [0.2, 0.25) is 0 Å². The van der Waals surface area contributed by atoms with E-state index in [4.69, 9.17) is 4.74 Å². The van der Waals surface area contributed by atoms with Gasteiger partial charge in [0.15, 0.2) is 0 Å². The van der Waals surface area contributed by atoms with Crippen LogP contribution in [0.5, 0.6) is 0 Å². The van der Waals surface area contributed by atoms with Gasteiger partial charge in [-0.3, -0.25) is 0 Å². The third-order valence-corrected chi connectivity index (χ3v) is 3.02. The largest absolute Gasteiger partial charge is 0.391 e. The Morgan fingerprint density at radius 3 is 2.61 bits per heavy atom. The highest BCUT2D eigenvalue weighted by molar-refractivity contribution is 9.10. The fourth-order valence-corrected chi connectivity index (χ4v) is 1.93. The lowest BCUT2D eigenvalue weighted by atomic mass is 10.1. The standard InChI is InChI=1S/C12H15BrF3NO/c1-17-7-9-2-3-10(11(13)6-9)8-18-5-4-12(14,15)16/h2-3,6,17H,4-5,7-8H2,1H3. The molecule has 0 spiro atoms. The number of hydrogen-bond acceptors (Lipinski definition) is 2. The molecule has 102 valence electrons. The summed E-state index contributed by atoms with van der Waals surface area (Å²) in [6, 6.07) is 5.70. The number of rotatable bonds is 6. The smallest absolute Gasteiger partial charge is 0.376 e. The Hall–Kier alpha value is -0.590. The van der Waals surface area contributed by atoms with Crippen molar-refractivity contribution in [2.45, 2.75) is 25.7 Å². The zero-order valence-electron chi connectivity index (χ0n) is 9.98. The van der Waals surface area contributed by atoms with Gasteiger partial charge in [0.25, 0.3) is 0 Å². The van der Waals surface area contributed by atoms with Gasteiger partial charge in [-0.1, -0.05) is 28.1 Å². The first-order valence-electron chi connectivity index (χ1n) is 5.49. The van der Waals surface area contributed by atoms with Crippen LogP contribution in [0.3, 0.4) is 0 Å². The number of alkyl halides is 3. The number of benzene rings is 1. The molecular weight excluding hydrogens is 311 g/mol. The van der Waals surface area contributed by atoms with E-state index in [0.717, 1.165) is 22.1 Å². The summed E-state index contributed by atoms with van der Waals surface area (Å²) in [6.07, 6.45) is -5.07. The summed E-state index contributed by atoms with van der Waals surface area (Å²) in [4.78, 5) is 0. The molecule has 0 fully saturated rings. The van der Waals surface area contributed by atoms with Crippen LogP contribution >= 0.6 is 15.9 Å². The first-order chi connectivity index (χ1) is 8.42. The fraction of sp³-hybridized carbons (Fsp3) is 0.500. The van der Waals surface area contributed by atoms with Crippen molar-refractivity contribution < 1.29 is 17.9 Å². The van der Waals surface area contributed by atoms with E-state index in [2.05, 4.69) is 21.2 Å². The molecule has 6 heteroatoms. The Morgan fingerprint density at radius 2 is 2.06 bits per heavy atom. The summed E-state index contributed by atoms with van der Waals surface area (Å²) in [5.74, 6) is 0. The molecule has 1 N–H and O–H groups in total. The highest BCUT2D eigenvalue weighted by atomic mass is 79.9. The Morgan fingerprint density at radius 1 is 1.33 bits per heavy atom. The van der Waals surface area contributed by atoms with Crippen molar-refractivity contribution in [3.8, 4) is 0 Å². The molecule has 1 rings (SSSR count). The van der Waals surface area contributed by atoms with Crippen LogP contribution in [0.15, 0.2) is 22.7 Å². The molecule has 0 amide bonds. The van der Waals surface area contributed by atoms with Crippen LogP contribution in [-0.2, 0) is 17.9 Å². The molecule has 0 aliphatic heterocycles. The van der Waals surface area contributed by atoms with Crippen LogP contribution in [0, 0.1) is 0 Å². The van der Waals surface area contributed by atoms with Crippen molar-refractivity contribution in [1.82, 2.24) is 5.32 Å². The number of ether oxygens (including phenoxy) is 1. The second-order valence-electron chi connectivity index (χ2n) is 3.87. The molecular formula is C12H15BrF3NO. The van der Waals surface area contributed by atoms with Crippen LogP contribution in [0.4, 0.5) is 13.2 Å². The molecule has 0 bridgehead atoms. The van der Waals surface area contributed by atoms with E-state index in [1.165, 1.54) is 0 Å². The number of halogens is 4. The monoisotopic (exact) mass is 325 g/mol. The predicted molar refractivity (Wildman–Crippen MR) is 67.2 cm³/mol. The highest BCUT2D eigenvalue weighted by Crippen LogP contribution is 2.22. The molecule has 0 unspecified atom stereocenters. The molecule has 0 saturated carbocycles. The zero-order valence-corrected chi connectivity index (χ0v) is 11.6. The first-order valence-corrected chi connectivity index (χ1v) is 6.28. The molecule has 1 aromatic rings. The van der Waals surface area contributed by atoms with Crippen molar-refractivity contribution >= 4 is 15.9 Å². The second kappa shape index (κ2) is 7.11. The third kappa shape index (κ3) is 5.84. The van der Waals surface area contributed by atoms with Crippen molar-refractivity contribution in [2.75, 3.05) is 13.7 Å². The van der Waals surface area contributed by atoms with E-state index in [9.17, 15) is 13.2 Å². The first kappa shape index (κ1) is 15.5. The quantitative estimate of drug-likeness (QED) is 0.806. The molecule has 1 aromatic carbocycles. The van der Waals surface area contributed by atoms with Gasteiger partial charge in [0.05, 0.1) is 19.6 Å². The van der Waals surface area contributed by atoms with E-state index in [1.807, 2.05) is 25.2 Å². The molecule has 0 aromatic heterocycles. The second-order valence-corrected chi connectivity index (χ2v) is 4.73. The van der Waals surface area contributed by atoms with Gasteiger partial charge < -0.3 is 10.1 Å². The van der Waals surface area contributed by atoms with Crippen LogP contribution in [-0.4, -0.2) is 19.8 Å². The lowest BCUT2D eigenvalue weighted by molar-refractivity contribution is -0.146. The predicted octanol–water partition coefficient (Wildman–Crippen LogP) is 3.64. The van der Waals surface area contributed by atoms with Crippen LogP contribution in [0.1, 0.15) is 17.5 Å². The molecule has 0 heterocycles. The fourth-order valence-electron chi connectivity index (χ4n) is 1.39. The van der Waals surface area contributed by atoms with E-state index < -0.39 is 12.6 Å². The molecule has 18 heavy (non-hydrogen) atoms. The summed E-state index contributed by atoms with van der Waals surface area (Å²) in [7, 11) is 1.85. The number of nitrogens with one attached hydrogen (secondary N) is 1. The zero-order chi connectivity index (χ0) is 13.6. The Kier molecular flexibility index (Phi) is 6.11. The lowest BCUT2D eigenvalue weighted by Crippen LogP contribution is -2.11. The Bertz CT molecular complexity index is 382.